The summed E-state index contributed by atoms with van der Waals surface area (Å²) in [5.41, 5.74) is 2.30. The van der Waals surface area contributed by atoms with Crippen molar-refractivity contribution in [2.75, 3.05) is 33.4 Å². The fraction of sp³-hybridized carbons (Fsp3) is 0.423. The molecule has 1 saturated heterocycles. The van der Waals surface area contributed by atoms with Crippen LogP contribution in [0.3, 0.4) is 0 Å². The molecule has 1 aliphatic rings. The highest BCUT2D eigenvalue weighted by Crippen LogP contribution is 2.23. The molecule has 176 valence electrons. The topological polar surface area (TPSA) is 87.7 Å². The van der Waals surface area contributed by atoms with Gasteiger partial charge < -0.3 is 20.3 Å². The number of ether oxygens (including phenoxy) is 1. The zero-order valence-corrected chi connectivity index (χ0v) is 19.4. The maximum absolute atomic E-state index is 13.0. The number of carbonyl (C=O) groups is 3. The number of nitrogens with one attached hydrogen (secondary N) is 2. The number of aryl methyl sites for hydroxylation is 1. The summed E-state index contributed by atoms with van der Waals surface area (Å²) in [4.78, 5) is 40.5. The van der Waals surface area contributed by atoms with E-state index in [0.29, 0.717) is 56.6 Å². The van der Waals surface area contributed by atoms with Crippen molar-refractivity contribution in [2.24, 2.45) is 5.92 Å². The van der Waals surface area contributed by atoms with Gasteiger partial charge in [0.05, 0.1) is 0 Å². The molecule has 2 aromatic carbocycles. The minimum Gasteiger partial charge on any atom is -0.385 e. The smallest absolute Gasteiger partial charge is 0.253 e. The fourth-order valence-corrected chi connectivity index (χ4v) is 4.06. The zero-order valence-electron chi connectivity index (χ0n) is 19.4. The highest BCUT2D eigenvalue weighted by atomic mass is 16.5. The van der Waals surface area contributed by atoms with Gasteiger partial charge in [0.25, 0.3) is 11.8 Å². The number of amides is 3. The Morgan fingerprint density at radius 3 is 2.30 bits per heavy atom. The monoisotopic (exact) mass is 451 g/mol. The van der Waals surface area contributed by atoms with Gasteiger partial charge in [-0.1, -0.05) is 35.9 Å². The first-order valence-corrected chi connectivity index (χ1v) is 11.5. The van der Waals surface area contributed by atoms with E-state index in [1.165, 1.54) is 0 Å². The summed E-state index contributed by atoms with van der Waals surface area (Å²) < 4.78 is 5.04. The third-order valence-electron chi connectivity index (χ3n) is 6.03. The van der Waals surface area contributed by atoms with Crippen molar-refractivity contribution >= 4 is 17.7 Å². The van der Waals surface area contributed by atoms with Crippen LogP contribution in [0.25, 0.3) is 0 Å². The van der Waals surface area contributed by atoms with Crippen LogP contribution in [0.5, 0.6) is 0 Å². The molecular formula is C26H33N3O4. The largest absolute Gasteiger partial charge is 0.385 e. The van der Waals surface area contributed by atoms with E-state index in [1.807, 2.05) is 42.2 Å². The number of hydrogen-bond acceptors (Lipinski definition) is 4. The first-order chi connectivity index (χ1) is 16.0. The lowest BCUT2D eigenvalue weighted by Gasteiger charge is -2.36. The molecule has 2 N–H and O–H groups in total. The summed E-state index contributed by atoms with van der Waals surface area (Å²) >= 11 is 0. The minimum absolute atomic E-state index is 0.00217. The Labute approximate surface area is 195 Å². The Morgan fingerprint density at radius 1 is 1.00 bits per heavy atom. The second kappa shape index (κ2) is 12.2. The van der Waals surface area contributed by atoms with Crippen LogP contribution < -0.4 is 10.6 Å². The van der Waals surface area contributed by atoms with Gasteiger partial charge in [-0.3, -0.25) is 14.4 Å². The van der Waals surface area contributed by atoms with E-state index in [2.05, 4.69) is 10.6 Å². The molecule has 7 nitrogen and oxygen atoms in total. The Morgan fingerprint density at radius 2 is 1.67 bits per heavy atom. The molecule has 0 unspecified atom stereocenters. The highest BCUT2D eigenvalue weighted by Gasteiger charge is 2.34. The summed E-state index contributed by atoms with van der Waals surface area (Å²) in [5, 5.41) is 5.86. The molecule has 0 aliphatic carbocycles. The molecule has 3 rings (SSSR count). The first kappa shape index (κ1) is 24.5. The SMILES string of the molecule is COCCCNC(=O)[C@@H](NC(=O)c1ccccc1)C1CCN(C(=O)c2ccc(C)cc2)CC1. The van der Waals surface area contributed by atoms with Gasteiger partial charge in [0.15, 0.2) is 0 Å². The Balaban J connectivity index is 1.64. The number of hydrogen-bond donors (Lipinski definition) is 2. The van der Waals surface area contributed by atoms with Crippen LogP contribution in [-0.4, -0.2) is 62.0 Å². The molecule has 0 saturated carbocycles. The second-order valence-corrected chi connectivity index (χ2v) is 8.45. The molecule has 0 spiro atoms. The van der Waals surface area contributed by atoms with Crippen LogP contribution in [0, 0.1) is 12.8 Å². The molecule has 0 aromatic heterocycles. The van der Waals surface area contributed by atoms with E-state index < -0.39 is 6.04 Å². The van der Waals surface area contributed by atoms with Gasteiger partial charge in [0.2, 0.25) is 5.91 Å². The average molecular weight is 452 g/mol. The minimum atomic E-state index is -0.656. The van der Waals surface area contributed by atoms with Gasteiger partial charge in [-0.25, -0.2) is 0 Å². The normalized spacial score (nSPS) is 15.0. The summed E-state index contributed by atoms with van der Waals surface area (Å²) in [6.07, 6.45) is 1.98. The van der Waals surface area contributed by atoms with Crippen LogP contribution in [0.1, 0.15) is 45.5 Å². The van der Waals surface area contributed by atoms with Crippen LogP contribution >= 0.6 is 0 Å². The molecule has 1 fully saturated rings. The lowest BCUT2D eigenvalue weighted by molar-refractivity contribution is -0.124. The standard InChI is InChI=1S/C26H33N3O4/c1-19-9-11-22(12-10-19)26(32)29-16-13-20(14-17-29)23(25(31)27-15-6-18-33-2)28-24(30)21-7-4-3-5-8-21/h3-5,7-12,20,23H,6,13-18H2,1-2H3,(H,27,31)(H,28,30)/t23-/m0/s1. The first-order valence-electron chi connectivity index (χ1n) is 11.5. The van der Waals surface area contributed by atoms with Crippen LogP contribution in [-0.2, 0) is 9.53 Å². The Kier molecular flexibility index (Phi) is 9.01. The van der Waals surface area contributed by atoms with Gasteiger partial charge in [-0.15, -0.1) is 0 Å². The molecule has 1 heterocycles. The van der Waals surface area contributed by atoms with Gasteiger partial charge >= 0.3 is 0 Å². The Hall–Kier alpha value is -3.19. The number of carbonyl (C=O) groups excluding carboxylic acids is 3. The van der Waals surface area contributed by atoms with Crippen LogP contribution in [0.4, 0.5) is 0 Å². The number of rotatable bonds is 9. The van der Waals surface area contributed by atoms with Crippen LogP contribution in [0.15, 0.2) is 54.6 Å². The van der Waals surface area contributed by atoms with E-state index in [9.17, 15) is 14.4 Å². The summed E-state index contributed by atoms with van der Waals surface area (Å²) in [6, 6.07) is 15.8. The number of likely N-dealkylation sites (tertiary alicyclic amines) is 1. The number of piperidine rings is 1. The molecular weight excluding hydrogens is 418 g/mol. The molecule has 2 aromatic rings. The van der Waals surface area contributed by atoms with Crippen molar-refractivity contribution < 1.29 is 19.1 Å². The van der Waals surface area contributed by atoms with Crippen molar-refractivity contribution in [2.45, 2.75) is 32.2 Å². The third-order valence-corrected chi connectivity index (χ3v) is 6.03. The lowest BCUT2D eigenvalue weighted by atomic mass is 9.88. The molecule has 1 atom stereocenters. The van der Waals surface area contributed by atoms with E-state index >= 15 is 0 Å². The fourth-order valence-electron chi connectivity index (χ4n) is 4.06. The maximum atomic E-state index is 13.0. The lowest BCUT2D eigenvalue weighted by Crippen LogP contribution is -2.54. The molecule has 0 bridgehead atoms. The quantitative estimate of drug-likeness (QED) is 0.574. The molecule has 3 amide bonds. The van der Waals surface area contributed by atoms with E-state index in [1.54, 1.807) is 31.4 Å². The summed E-state index contributed by atoms with van der Waals surface area (Å²) in [7, 11) is 1.62. The summed E-state index contributed by atoms with van der Waals surface area (Å²) in [5.74, 6) is -0.519. The number of methoxy groups -OCH3 is 1. The van der Waals surface area contributed by atoms with Crippen LogP contribution in [0.2, 0.25) is 0 Å². The Bertz CT molecular complexity index is 922. The molecule has 1 aliphatic heterocycles. The molecule has 0 radical (unpaired) electrons. The van der Waals surface area contributed by atoms with Gasteiger partial charge in [0, 0.05) is 44.5 Å². The average Bonchev–Trinajstić information content (AvgIpc) is 2.85. The highest BCUT2D eigenvalue weighted by molar-refractivity contribution is 5.97. The maximum Gasteiger partial charge on any atom is 0.253 e. The molecule has 33 heavy (non-hydrogen) atoms. The summed E-state index contributed by atoms with van der Waals surface area (Å²) in [6.45, 7) is 4.12. The van der Waals surface area contributed by atoms with Crippen molar-refractivity contribution in [1.82, 2.24) is 15.5 Å². The van der Waals surface area contributed by atoms with Crippen molar-refractivity contribution in [3.63, 3.8) is 0 Å². The van der Waals surface area contributed by atoms with Gasteiger partial charge in [0.1, 0.15) is 6.04 Å². The predicted octanol–water partition coefficient (Wildman–Crippen LogP) is 2.80. The second-order valence-electron chi connectivity index (χ2n) is 8.45. The van der Waals surface area contributed by atoms with Crippen molar-refractivity contribution in [1.29, 1.82) is 0 Å². The van der Waals surface area contributed by atoms with Crippen molar-refractivity contribution in [3.05, 3.63) is 71.3 Å². The van der Waals surface area contributed by atoms with Gasteiger partial charge in [-0.05, 0) is 56.4 Å². The van der Waals surface area contributed by atoms with Gasteiger partial charge in [-0.2, -0.15) is 0 Å². The van der Waals surface area contributed by atoms with E-state index in [-0.39, 0.29) is 23.6 Å². The number of benzene rings is 2. The van der Waals surface area contributed by atoms with E-state index in [0.717, 1.165) is 5.56 Å². The number of nitrogens with zero attached hydrogens (tertiary/aromatic N) is 1. The van der Waals surface area contributed by atoms with E-state index in [4.69, 9.17) is 4.74 Å². The third kappa shape index (κ3) is 6.89. The molecule has 7 heteroatoms. The zero-order chi connectivity index (χ0) is 23.6. The predicted molar refractivity (Wildman–Crippen MR) is 127 cm³/mol. The van der Waals surface area contributed by atoms with Crippen molar-refractivity contribution in [3.8, 4) is 0 Å².